The maximum absolute atomic E-state index is 3.63. The third-order valence-electron chi connectivity index (χ3n) is 7.10. The second-order valence-corrected chi connectivity index (χ2v) is 13.2. The van der Waals surface area contributed by atoms with Crippen molar-refractivity contribution in [3.05, 3.63) is 81.4 Å². The van der Waals surface area contributed by atoms with Gasteiger partial charge < -0.3 is 5.32 Å². The molecule has 0 fully saturated rings. The van der Waals surface area contributed by atoms with Crippen molar-refractivity contribution in [3.63, 3.8) is 0 Å². The van der Waals surface area contributed by atoms with E-state index in [0.717, 1.165) is 0 Å². The van der Waals surface area contributed by atoms with E-state index in [0.29, 0.717) is 5.92 Å². The zero-order valence-corrected chi connectivity index (χ0v) is 23.5. The van der Waals surface area contributed by atoms with E-state index >= 15 is 0 Å². The van der Waals surface area contributed by atoms with E-state index < -0.39 is 0 Å². The molecule has 0 spiro atoms. The van der Waals surface area contributed by atoms with Gasteiger partial charge in [-0.15, -0.1) is 23.5 Å². The predicted octanol–water partition coefficient (Wildman–Crippen LogP) is 8.67. The maximum Gasteiger partial charge on any atom is 0.262 e. The average Bonchev–Trinajstić information content (AvgIpc) is 3.42. The average molecular weight is 534 g/mol. The number of hydrogen-bond acceptors (Lipinski definition) is 5. The summed E-state index contributed by atoms with van der Waals surface area (Å²) in [4.78, 5) is 3.96. The lowest BCUT2D eigenvalue weighted by Crippen LogP contribution is -2.29. The van der Waals surface area contributed by atoms with Crippen molar-refractivity contribution in [1.29, 1.82) is 0 Å². The van der Waals surface area contributed by atoms with Crippen molar-refractivity contribution < 1.29 is 4.57 Å². The number of thioether (sulfide) groups is 3. The molecule has 2 aromatic carbocycles. The van der Waals surface area contributed by atoms with Crippen LogP contribution in [-0.2, 0) is 7.05 Å². The van der Waals surface area contributed by atoms with E-state index in [9.17, 15) is 0 Å². The number of fused-ring (bicyclic) bond motifs is 3. The second kappa shape index (κ2) is 9.89. The maximum atomic E-state index is 3.63. The summed E-state index contributed by atoms with van der Waals surface area (Å²) in [6.07, 6.45) is 18.9. The Morgan fingerprint density at radius 3 is 2.63 bits per heavy atom. The summed E-state index contributed by atoms with van der Waals surface area (Å²) < 4.78 is 3.71. The second-order valence-electron chi connectivity index (χ2n) is 9.29. The Kier molecular flexibility index (Phi) is 6.65. The molecule has 6 rings (SSSR count). The summed E-state index contributed by atoms with van der Waals surface area (Å²) >= 11 is 7.35. The van der Waals surface area contributed by atoms with Crippen molar-refractivity contribution >= 4 is 68.6 Å². The molecule has 2 nitrogen and oxygen atoms in total. The van der Waals surface area contributed by atoms with Gasteiger partial charge in [0.05, 0.1) is 10.7 Å². The normalized spacial score (nSPS) is 21.6. The van der Waals surface area contributed by atoms with Crippen LogP contribution in [0.25, 0.3) is 16.3 Å². The summed E-state index contributed by atoms with van der Waals surface area (Å²) in [5.41, 5.74) is 6.98. The quantitative estimate of drug-likeness (QED) is 0.267. The molecule has 6 heteroatoms. The molecule has 2 heterocycles. The zero-order valence-electron chi connectivity index (χ0n) is 20.3. The number of thiazole rings is 1. The zero-order chi connectivity index (χ0) is 23.9. The van der Waals surface area contributed by atoms with Gasteiger partial charge in [-0.05, 0) is 97.2 Å². The topological polar surface area (TPSA) is 15.9 Å². The molecule has 1 aromatic heterocycles. The van der Waals surface area contributed by atoms with Crippen LogP contribution in [0.15, 0.2) is 91.1 Å². The van der Waals surface area contributed by atoms with Gasteiger partial charge in [0.1, 0.15) is 11.7 Å². The van der Waals surface area contributed by atoms with Crippen molar-refractivity contribution in [2.75, 3.05) is 17.8 Å². The van der Waals surface area contributed by atoms with Crippen LogP contribution in [0.1, 0.15) is 30.7 Å². The standard InChI is InChI=1S/C29H28N2S4/c1-31-25-17-23(33-3)9-11-27(25)35-29(31)15-19-5-7-20-6-4-18(12-21(20)13-19)14-28-30-24-16-22(32-2)8-10-26(24)34-28/h8-17,20H,4-7H2,1-3H3/p+1. The minimum Gasteiger partial charge on any atom is -0.349 e. The Labute approximate surface area is 224 Å². The highest BCUT2D eigenvalue weighted by molar-refractivity contribution is 8.03. The fourth-order valence-corrected chi connectivity index (χ4v) is 8.07. The van der Waals surface area contributed by atoms with Gasteiger partial charge >= 0.3 is 0 Å². The molecule has 2 aliphatic carbocycles. The minimum absolute atomic E-state index is 0.708. The van der Waals surface area contributed by atoms with E-state index in [1.807, 2.05) is 34.9 Å². The van der Waals surface area contributed by atoms with Gasteiger partial charge in [0, 0.05) is 26.8 Å². The van der Waals surface area contributed by atoms with E-state index in [2.05, 4.69) is 90.1 Å². The highest BCUT2D eigenvalue weighted by Gasteiger charge is 2.25. The lowest BCUT2D eigenvalue weighted by atomic mass is 9.77. The smallest absolute Gasteiger partial charge is 0.262 e. The number of rotatable bonds is 4. The Morgan fingerprint density at radius 1 is 0.971 bits per heavy atom. The molecular formula is C29H29N2S4+. The lowest BCUT2D eigenvalue weighted by molar-refractivity contribution is -0.642. The van der Waals surface area contributed by atoms with Gasteiger partial charge in [-0.25, -0.2) is 0 Å². The number of anilines is 1. The first-order valence-electron chi connectivity index (χ1n) is 12.0. The first-order valence-corrected chi connectivity index (χ1v) is 16.1. The molecule has 1 aliphatic heterocycles. The Hall–Kier alpha value is -1.86. The Balaban J connectivity index is 1.26. The van der Waals surface area contributed by atoms with E-state index in [1.165, 1.54) is 83.0 Å². The molecule has 0 saturated carbocycles. The van der Waals surface area contributed by atoms with Crippen molar-refractivity contribution in [1.82, 2.24) is 0 Å². The van der Waals surface area contributed by atoms with Gasteiger partial charge in [-0.1, -0.05) is 35.3 Å². The van der Waals surface area contributed by atoms with E-state index in [1.54, 1.807) is 11.8 Å². The predicted molar refractivity (Wildman–Crippen MR) is 157 cm³/mol. The van der Waals surface area contributed by atoms with E-state index in [4.69, 9.17) is 0 Å². The first-order chi connectivity index (χ1) is 17.1. The lowest BCUT2D eigenvalue weighted by Gasteiger charge is -2.28. The van der Waals surface area contributed by atoms with Crippen molar-refractivity contribution in [3.8, 4) is 0 Å². The fraction of sp³-hybridized carbons (Fsp3) is 0.276. The number of allylic oxidation sites excluding steroid dienone is 6. The number of aryl methyl sites for hydroxylation is 1. The number of benzene rings is 2. The third kappa shape index (κ3) is 4.78. The van der Waals surface area contributed by atoms with Crippen LogP contribution < -0.4 is 9.88 Å². The van der Waals surface area contributed by atoms with Crippen LogP contribution in [-0.4, -0.2) is 12.5 Å². The molecule has 3 aromatic rings. The van der Waals surface area contributed by atoms with Crippen LogP contribution in [0.5, 0.6) is 0 Å². The van der Waals surface area contributed by atoms with Gasteiger partial charge in [0.25, 0.3) is 5.01 Å². The van der Waals surface area contributed by atoms with Crippen LogP contribution in [0, 0.1) is 5.92 Å². The van der Waals surface area contributed by atoms with Gasteiger partial charge in [-0.2, -0.15) is 4.57 Å². The minimum atomic E-state index is 0.708. The first kappa shape index (κ1) is 23.5. The van der Waals surface area contributed by atoms with Crippen LogP contribution in [0.4, 0.5) is 5.69 Å². The summed E-state index contributed by atoms with van der Waals surface area (Å²) in [6, 6.07) is 13.5. The molecule has 0 saturated heterocycles. The number of nitrogens with zero attached hydrogens (tertiary/aromatic N) is 1. The van der Waals surface area contributed by atoms with E-state index in [-0.39, 0.29) is 0 Å². The number of hydrogen-bond donors (Lipinski definition) is 1. The summed E-state index contributed by atoms with van der Waals surface area (Å²) in [5.74, 6) is 0.708. The number of nitrogens with one attached hydrogen (secondary N) is 1. The Morgan fingerprint density at radius 2 is 1.77 bits per heavy atom. The highest BCUT2D eigenvalue weighted by atomic mass is 32.2. The molecule has 0 radical (unpaired) electrons. The molecule has 35 heavy (non-hydrogen) atoms. The summed E-state index contributed by atoms with van der Waals surface area (Å²) in [5, 5.41) is 6.21. The van der Waals surface area contributed by atoms with Gasteiger partial charge in [-0.3, -0.25) is 0 Å². The van der Waals surface area contributed by atoms with Crippen LogP contribution in [0.2, 0.25) is 0 Å². The molecule has 0 bridgehead atoms. The molecule has 3 aliphatic rings. The molecular weight excluding hydrogens is 505 g/mol. The SMILES string of the molecule is CSc1ccc2c(c1)N/C(=C/C1=CC3=C/C(=C/c4sc5ccc(SC)cc5[n+]4C)CCC3CC1)S2. The molecule has 0 amide bonds. The molecule has 178 valence electrons. The number of aromatic nitrogens is 1. The molecule has 1 unspecified atom stereocenters. The largest absolute Gasteiger partial charge is 0.349 e. The van der Waals surface area contributed by atoms with Crippen molar-refractivity contribution in [2.24, 2.45) is 13.0 Å². The summed E-state index contributed by atoms with van der Waals surface area (Å²) in [6.45, 7) is 0. The Bertz CT molecular complexity index is 1440. The van der Waals surface area contributed by atoms with Gasteiger partial charge in [0.15, 0.2) is 0 Å². The summed E-state index contributed by atoms with van der Waals surface area (Å²) in [7, 11) is 2.20. The third-order valence-corrected chi connectivity index (χ3v) is 10.7. The van der Waals surface area contributed by atoms with Crippen molar-refractivity contribution in [2.45, 2.75) is 40.4 Å². The highest BCUT2D eigenvalue weighted by Crippen LogP contribution is 2.44. The van der Waals surface area contributed by atoms with Crippen LogP contribution in [0.3, 0.4) is 0 Å². The fourth-order valence-electron chi connectivity index (χ4n) is 5.13. The molecule has 1 N–H and O–H groups in total. The van der Waals surface area contributed by atoms with Crippen LogP contribution >= 0.6 is 46.6 Å². The van der Waals surface area contributed by atoms with Gasteiger partial charge in [0.2, 0.25) is 5.52 Å². The molecule has 1 atom stereocenters. The monoisotopic (exact) mass is 533 g/mol.